The van der Waals surface area contributed by atoms with Gasteiger partial charge in [0.25, 0.3) is 0 Å². The molecule has 0 aromatic carbocycles. The standard InChI is InChI=1S/C14H31NO3/c1-10(2)6-12(5)18-9-13(17)7-15-14(8-16)11(3)4/h10-17H,6-9H2,1-5H3/t12?,13?,14-/m1/s1. The van der Waals surface area contributed by atoms with E-state index in [9.17, 15) is 5.11 Å². The van der Waals surface area contributed by atoms with E-state index in [4.69, 9.17) is 9.84 Å². The second-order valence-corrected chi connectivity index (χ2v) is 5.87. The number of nitrogens with one attached hydrogen (secondary N) is 1. The lowest BCUT2D eigenvalue weighted by atomic mass is 10.1. The van der Waals surface area contributed by atoms with Crippen molar-refractivity contribution in [2.45, 2.75) is 59.3 Å². The van der Waals surface area contributed by atoms with Gasteiger partial charge in [-0.25, -0.2) is 0 Å². The molecule has 0 bridgehead atoms. The van der Waals surface area contributed by atoms with Gasteiger partial charge in [0.05, 0.1) is 25.4 Å². The highest BCUT2D eigenvalue weighted by Crippen LogP contribution is 2.07. The largest absolute Gasteiger partial charge is 0.395 e. The van der Waals surface area contributed by atoms with Crippen LogP contribution in [0.5, 0.6) is 0 Å². The van der Waals surface area contributed by atoms with Crippen LogP contribution in [0.1, 0.15) is 41.0 Å². The molecule has 3 N–H and O–H groups in total. The van der Waals surface area contributed by atoms with Crippen LogP contribution in [0.25, 0.3) is 0 Å². The SMILES string of the molecule is CC(C)CC(C)OCC(O)CN[C@H](CO)C(C)C. The van der Waals surface area contributed by atoms with Gasteiger partial charge in [-0.15, -0.1) is 0 Å². The lowest BCUT2D eigenvalue weighted by Crippen LogP contribution is -2.42. The third kappa shape index (κ3) is 8.86. The Hall–Kier alpha value is -0.160. The van der Waals surface area contributed by atoms with E-state index in [1.54, 1.807) is 0 Å². The molecule has 3 atom stereocenters. The van der Waals surface area contributed by atoms with Crippen molar-refractivity contribution in [2.24, 2.45) is 11.8 Å². The average Bonchev–Trinajstić information content (AvgIpc) is 2.25. The zero-order valence-electron chi connectivity index (χ0n) is 12.5. The van der Waals surface area contributed by atoms with Gasteiger partial charge in [0, 0.05) is 12.6 Å². The first-order valence-electron chi connectivity index (χ1n) is 7.00. The summed E-state index contributed by atoms with van der Waals surface area (Å²) in [6.45, 7) is 11.3. The molecule has 2 unspecified atom stereocenters. The van der Waals surface area contributed by atoms with Crippen LogP contribution in [0.3, 0.4) is 0 Å². The van der Waals surface area contributed by atoms with Crippen LogP contribution in [-0.2, 0) is 4.74 Å². The summed E-state index contributed by atoms with van der Waals surface area (Å²) >= 11 is 0. The second-order valence-electron chi connectivity index (χ2n) is 5.87. The van der Waals surface area contributed by atoms with E-state index in [1.807, 2.05) is 20.8 Å². The highest BCUT2D eigenvalue weighted by Gasteiger charge is 2.14. The normalized spacial score (nSPS) is 17.2. The topological polar surface area (TPSA) is 61.7 Å². The summed E-state index contributed by atoms with van der Waals surface area (Å²) < 4.78 is 5.59. The van der Waals surface area contributed by atoms with Gasteiger partial charge in [-0.1, -0.05) is 27.7 Å². The quantitative estimate of drug-likeness (QED) is 0.556. The molecule has 0 aliphatic carbocycles. The number of rotatable bonds is 10. The van der Waals surface area contributed by atoms with Gasteiger partial charge >= 0.3 is 0 Å². The lowest BCUT2D eigenvalue weighted by Gasteiger charge is -2.23. The van der Waals surface area contributed by atoms with E-state index < -0.39 is 6.10 Å². The molecule has 0 amide bonds. The van der Waals surface area contributed by atoms with E-state index in [2.05, 4.69) is 19.2 Å². The Bertz CT molecular complexity index is 197. The minimum atomic E-state index is -0.521. The molecule has 0 aliphatic rings. The smallest absolute Gasteiger partial charge is 0.0897 e. The maximum atomic E-state index is 9.79. The molecule has 0 spiro atoms. The Balaban J connectivity index is 3.73. The number of hydrogen-bond acceptors (Lipinski definition) is 4. The van der Waals surface area contributed by atoms with E-state index in [0.29, 0.717) is 25.0 Å². The van der Waals surface area contributed by atoms with Crippen LogP contribution in [0.2, 0.25) is 0 Å². The lowest BCUT2D eigenvalue weighted by molar-refractivity contribution is -0.0104. The summed E-state index contributed by atoms with van der Waals surface area (Å²) in [4.78, 5) is 0. The van der Waals surface area contributed by atoms with Crippen LogP contribution in [0.4, 0.5) is 0 Å². The van der Waals surface area contributed by atoms with Gasteiger partial charge in [0.1, 0.15) is 0 Å². The van der Waals surface area contributed by atoms with E-state index >= 15 is 0 Å². The summed E-state index contributed by atoms with van der Waals surface area (Å²) in [7, 11) is 0. The molecule has 0 heterocycles. The molecular weight excluding hydrogens is 230 g/mol. The minimum absolute atomic E-state index is 0.0349. The maximum Gasteiger partial charge on any atom is 0.0897 e. The molecule has 110 valence electrons. The van der Waals surface area contributed by atoms with E-state index in [1.165, 1.54) is 0 Å². The minimum Gasteiger partial charge on any atom is -0.395 e. The predicted molar refractivity (Wildman–Crippen MR) is 74.6 cm³/mol. The highest BCUT2D eigenvalue weighted by atomic mass is 16.5. The van der Waals surface area contributed by atoms with Gasteiger partial charge in [-0.3, -0.25) is 0 Å². The molecule has 0 radical (unpaired) electrons. The molecule has 0 aromatic heterocycles. The highest BCUT2D eigenvalue weighted by molar-refractivity contribution is 4.71. The first-order valence-corrected chi connectivity index (χ1v) is 7.00. The zero-order valence-corrected chi connectivity index (χ0v) is 12.5. The van der Waals surface area contributed by atoms with Gasteiger partial charge in [-0.2, -0.15) is 0 Å². The Morgan fingerprint density at radius 3 is 2.17 bits per heavy atom. The van der Waals surface area contributed by atoms with E-state index in [-0.39, 0.29) is 18.8 Å². The fourth-order valence-corrected chi connectivity index (χ4v) is 1.86. The Kier molecular flexibility index (Phi) is 9.64. The monoisotopic (exact) mass is 261 g/mol. The second kappa shape index (κ2) is 9.73. The molecule has 0 rings (SSSR count). The molecule has 0 saturated carbocycles. The predicted octanol–water partition coefficient (Wildman–Crippen LogP) is 1.40. The number of ether oxygens (including phenoxy) is 1. The fraction of sp³-hybridized carbons (Fsp3) is 1.00. The molecule has 0 aromatic rings. The fourth-order valence-electron chi connectivity index (χ4n) is 1.86. The van der Waals surface area contributed by atoms with Crippen LogP contribution in [0, 0.1) is 11.8 Å². The average molecular weight is 261 g/mol. The molecule has 4 heteroatoms. The van der Waals surface area contributed by atoms with Crippen molar-refractivity contribution in [1.82, 2.24) is 5.32 Å². The van der Waals surface area contributed by atoms with Crippen molar-refractivity contribution in [1.29, 1.82) is 0 Å². The molecule has 0 fully saturated rings. The van der Waals surface area contributed by atoms with Crippen molar-refractivity contribution in [3.05, 3.63) is 0 Å². The summed E-state index contributed by atoms with van der Waals surface area (Å²) in [6.07, 6.45) is 0.664. The molecule has 4 nitrogen and oxygen atoms in total. The number of hydrogen-bond donors (Lipinski definition) is 3. The van der Waals surface area contributed by atoms with Crippen molar-refractivity contribution in [2.75, 3.05) is 19.8 Å². The van der Waals surface area contributed by atoms with Crippen molar-refractivity contribution in [3.63, 3.8) is 0 Å². The summed E-state index contributed by atoms with van der Waals surface area (Å²) in [6, 6.07) is 0.0349. The van der Waals surface area contributed by atoms with Crippen LogP contribution in [0.15, 0.2) is 0 Å². The van der Waals surface area contributed by atoms with Crippen molar-refractivity contribution < 1.29 is 14.9 Å². The van der Waals surface area contributed by atoms with E-state index in [0.717, 1.165) is 6.42 Å². The molecular formula is C14H31NO3. The van der Waals surface area contributed by atoms with Gasteiger partial charge in [-0.05, 0) is 25.2 Å². The first-order chi connectivity index (χ1) is 8.36. The Morgan fingerprint density at radius 1 is 1.11 bits per heavy atom. The van der Waals surface area contributed by atoms with Crippen LogP contribution >= 0.6 is 0 Å². The summed E-state index contributed by atoms with van der Waals surface area (Å²) in [5, 5.41) is 22.1. The summed E-state index contributed by atoms with van der Waals surface area (Å²) in [5.41, 5.74) is 0. The zero-order chi connectivity index (χ0) is 14.1. The third-order valence-electron chi connectivity index (χ3n) is 2.99. The Morgan fingerprint density at radius 2 is 1.72 bits per heavy atom. The van der Waals surface area contributed by atoms with Crippen molar-refractivity contribution >= 4 is 0 Å². The van der Waals surface area contributed by atoms with Crippen molar-refractivity contribution in [3.8, 4) is 0 Å². The first kappa shape index (κ1) is 17.8. The Labute approximate surface area is 112 Å². The van der Waals surface area contributed by atoms with Gasteiger partial charge in [0.2, 0.25) is 0 Å². The van der Waals surface area contributed by atoms with Crippen LogP contribution in [-0.4, -0.2) is 48.2 Å². The molecule has 0 aliphatic heterocycles. The molecule has 0 saturated heterocycles. The van der Waals surface area contributed by atoms with Gasteiger partial charge in [0.15, 0.2) is 0 Å². The number of aliphatic hydroxyl groups is 2. The van der Waals surface area contributed by atoms with Crippen LogP contribution < -0.4 is 5.32 Å². The summed E-state index contributed by atoms with van der Waals surface area (Å²) in [5.74, 6) is 0.956. The number of aliphatic hydroxyl groups excluding tert-OH is 2. The maximum absolute atomic E-state index is 9.79. The molecule has 18 heavy (non-hydrogen) atoms. The third-order valence-corrected chi connectivity index (χ3v) is 2.99. The van der Waals surface area contributed by atoms with Gasteiger partial charge < -0.3 is 20.3 Å².